The number of hydrogen-bond donors (Lipinski definition) is 19. The molecule has 0 unspecified atom stereocenters. The third kappa shape index (κ3) is 17.1. The van der Waals surface area contributed by atoms with Gasteiger partial charge in [0.1, 0.15) is 141 Å². The predicted molar refractivity (Wildman–Crippen MR) is 384 cm³/mol. The summed E-state index contributed by atoms with van der Waals surface area (Å²) in [5, 5.41) is 209. The van der Waals surface area contributed by atoms with Crippen molar-refractivity contribution in [3.8, 4) is 0 Å². The highest BCUT2D eigenvalue weighted by atomic mass is 16.8. The van der Waals surface area contributed by atoms with Crippen LogP contribution in [-0.4, -0.2) is 357 Å². The van der Waals surface area contributed by atoms with E-state index >= 15 is 4.79 Å². The van der Waals surface area contributed by atoms with Crippen LogP contribution in [0.15, 0.2) is 36.0 Å². The Bertz CT molecular complexity index is 3350. The molecule has 7 saturated heterocycles. The highest BCUT2D eigenvalue weighted by Gasteiger charge is 2.71. The lowest BCUT2D eigenvalue weighted by atomic mass is 9.33. The summed E-state index contributed by atoms with van der Waals surface area (Å²) < 4.78 is 89.5. The summed E-state index contributed by atoms with van der Waals surface area (Å²) in [7, 11) is 0. The first-order chi connectivity index (χ1) is 53.5. The molecule has 11 fully saturated rings. The van der Waals surface area contributed by atoms with Gasteiger partial charge in [-0.1, -0.05) is 72.3 Å². The predicted octanol–water partition coefficient (Wildman–Crippen LogP) is -3.79. The summed E-state index contributed by atoms with van der Waals surface area (Å²) in [6, 6.07) is 0. The summed E-state index contributed by atoms with van der Waals surface area (Å²) in [4.78, 5) is 29.7. The van der Waals surface area contributed by atoms with Crippen molar-refractivity contribution in [3.63, 3.8) is 0 Å². The summed E-state index contributed by atoms with van der Waals surface area (Å²) in [5.74, 6) is -2.06. The molecule has 0 spiro atoms. The van der Waals surface area contributed by atoms with E-state index in [0.717, 1.165) is 18.4 Å². The summed E-state index contributed by atoms with van der Waals surface area (Å²) >= 11 is 0. The molecular weight excluding hydrogens is 1510 g/mol. The molecular formula is C78H124O36. The van der Waals surface area contributed by atoms with Crippen molar-refractivity contribution in [1.82, 2.24) is 0 Å². The van der Waals surface area contributed by atoms with Crippen LogP contribution in [0.3, 0.4) is 0 Å². The zero-order chi connectivity index (χ0) is 83.2. The molecule has 36 heteroatoms. The van der Waals surface area contributed by atoms with Crippen LogP contribution in [0.2, 0.25) is 0 Å². The average molecular weight is 1640 g/mol. The smallest absolute Gasteiger partial charge is 0.336 e. The van der Waals surface area contributed by atoms with E-state index in [1.807, 2.05) is 0 Å². The van der Waals surface area contributed by atoms with Gasteiger partial charge in [-0.05, 0) is 136 Å². The maximum absolute atomic E-state index is 16.1. The molecule has 114 heavy (non-hydrogen) atoms. The van der Waals surface area contributed by atoms with Crippen LogP contribution in [0.5, 0.6) is 0 Å². The van der Waals surface area contributed by atoms with E-state index in [9.17, 15) is 102 Å². The first kappa shape index (κ1) is 90.1. The fraction of sp³-hybridized carbons (Fsp3) is 0.897. The first-order valence-electron chi connectivity index (χ1n) is 40.1. The van der Waals surface area contributed by atoms with Gasteiger partial charge in [0.15, 0.2) is 43.8 Å². The van der Waals surface area contributed by atoms with Gasteiger partial charge < -0.3 is 168 Å². The molecule has 0 aromatic rings. The zero-order valence-corrected chi connectivity index (χ0v) is 66.0. The summed E-state index contributed by atoms with van der Waals surface area (Å²) in [5.41, 5.74) is -3.68. The number of fused-ring (bicyclic) bond motifs is 7. The third-order valence-electron chi connectivity index (χ3n) is 28.2. The standard InChI is InChI=1S/C78H124O36/c1-11-74(7,99)18-12-13-34(26-79)63(97)100-31-41-50(88)52(90)62(113-67-57(95)53(91)59(33(2)106-67)110-66-58(96)60(40(83)30-103-66)111-64-54(92)46(84)37(80)27-101-64)70(108-41)114-71(98)78-23-21-72(3,4)25-36(78)35-14-15-44-75(8)19-17-45(73(5,6)43(75)16-20-77(44,10)76(35,9)22-24-78)109-68-56(94)51(89)49(87)42(107-68)32-105-69-61(48(86)39(82)29-104-69)112-65-55(93)47(85)38(81)28-102-65/h11,13-14,33,36-62,64-70,79-96,99H,1,12,15-32H2,2-10H3/b34-13+/t33-,36-,37-,38+,39-,40-,41+,42-,43+,44+,45-,46+,47-,48-,49+,50+,51-,52-,53-,54-,55+,56+,57+,58-,59-,60+,61+,62-,64-,65-,66+,67+,68+,69-,70+,74+,75+,76-,77-,78-/m0/s1. The number of hydrogen-bond acceptors (Lipinski definition) is 36. The Kier molecular flexibility index (Phi) is 27.7. The van der Waals surface area contributed by atoms with Crippen LogP contribution >= 0.6 is 0 Å². The molecule has 5 aliphatic carbocycles. The molecule has 36 nitrogen and oxygen atoms in total. The lowest BCUT2D eigenvalue weighted by molar-refractivity contribution is -0.379. The molecule has 0 bridgehead atoms. The van der Waals surface area contributed by atoms with Crippen molar-refractivity contribution >= 4 is 11.9 Å². The molecule has 7 heterocycles. The molecule has 0 aromatic heterocycles. The van der Waals surface area contributed by atoms with Crippen molar-refractivity contribution in [2.24, 2.45) is 50.2 Å². The van der Waals surface area contributed by atoms with Gasteiger partial charge >= 0.3 is 11.9 Å². The van der Waals surface area contributed by atoms with E-state index in [1.165, 1.54) is 26.0 Å². The van der Waals surface area contributed by atoms with Crippen LogP contribution < -0.4 is 0 Å². The van der Waals surface area contributed by atoms with Crippen LogP contribution in [0.25, 0.3) is 0 Å². The van der Waals surface area contributed by atoms with Crippen molar-refractivity contribution in [1.29, 1.82) is 0 Å². The molecule has 4 saturated carbocycles. The number of rotatable bonds is 23. The molecule has 12 rings (SSSR count). The van der Waals surface area contributed by atoms with Crippen molar-refractivity contribution < 1.29 is 178 Å². The maximum Gasteiger partial charge on any atom is 0.336 e. The lowest BCUT2D eigenvalue weighted by Gasteiger charge is -2.71. The lowest BCUT2D eigenvalue weighted by Crippen LogP contribution is -2.67. The number of ether oxygens (including phenoxy) is 15. The highest BCUT2D eigenvalue weighted by molar-refractivity contribution is 5.88. The summed E-state index contributed by atoms with van der Waals surface area (Å²) in [6.45, 7) is 18.2. The Labute approximate surface area is 661 Å². The second kappa shape index (κ2) is 35.0. The summed E-state index contributed by atoms with van der Waals surface area (Å²) in [6.07, 6.45) is -42.0. The number of carbonyl (C=O) groups excluding carboxylic acids is 2. The maximum atomic E-state index is 16.1. The van der Waals surface area contributed by atoms with E-state index in [0.29, 0.717) is 51.4 Å². The number of allylic oxidation sites excluding steroid dienone is 3. The van der Waals surface area contributed by atoms with Gasteiger partial charge in [-0.3, -0.25) is 4.79 Å². The quantitative estimate of drug-likeness (QED) is 0.0202. The van der Waals surface area contributed by atoms with Gasteiger partial charge in [0.2, 0.25) is 6.29 Å². The minimum Gasteiger partial charge on any atom is -0.459 e. The Morgan fingerprint density at radius 2 is 1.05 bits per heavy atom. The Hall–Kier alpha value is -3.12. The molecule has 12 aliphatic rings. The van der Waals surface area contributed by atoms with Crippen molar-refractivity contribution in [2.75, 3.05) is 46.2 Å². The van der Waals surface area contributed by atoms with E-state index in [1.54, 1.807) is 0 Å². The fourth-order valence-corrected chi connectivity index (χ4v) is 20.8. The number of carbonyl (C=O) groups is 2. The van der Waals surface area contributed by atoms with Crippen LogP contribution in [0.4, 0.5) is 0 Å². The number of esters is 2. The van der Waals surface area contributed by atoms with Gasteiger partial charge in [0.25, 0.3) is 0 Å². The molecule has 7 aliphatic heterocycles. The normalized spacial score (nSPS) is 50.2. The Balaban J connectivity index is 0.755. The van der Waals surface area contributed by atoms with E-state index in [-0.39, 0.29) is 46.5 Å². The molecule has 652 valence electrons. The molecule has 0 radical (unpaired) electrons. The average Bonchev–Trinajstić information content (AvgIpc) is 0.673. The van der Waals surface area contributed by atoms with Gasteiger partial charge in [-0.2, -0.15) is 0 Å². The van der Waals surface area contributed by atoms with Crippen molar-refractivity contribution in [2.45, 2.75) is 342 Å². The Morgan fingerprint density at radius 3 is 1.69 bits per heavy atom. The highest BCUT2D eigenvalue weighted by Crippen LogP contribution is 2.76. The van der Waals surface area contributed by atoms with Crippen LogP contribution in [-0.2, 0) is 80.6 Å². The van der Waals surface area contributed by atoms with Gasteiger partial charge in [0, 0.05) is 0 Å². The molecule has 40 atom stereocenters. The number of aliphatic hydroxyl groups is 19. The number of aliphatic hydroxyl groups excluding tert-OH is 18. The zero-order valence-electron chi connectivity index (χ0n) is 66.0. The minimum atomic E-state index is -2.08. The van der Waals surface area contributed by atoms with Crippen LogP contribution in [0, 0.1) is 50.2 Å². The second-order valence-electron chi connectivity index (χ2n) is 36.3. The molecule has 19 N–H and O–H groups in total. The van der Waals surface area contributed by atoms with Gasteiger partial charge in [-0.15, -0.1) is 6.58 Å². The largest absolute Gasteiger partial charge is 0.459 e. The topological polar surface area (TPSA) is 557 Å². The third-order valence-corrected chi connectivity index (χ3v) is 28.2. The van der Waals surface area contributed by atoms with Gasteiger partial charge in [-0.25, -0.2) is 4.79 Å². The molecule has 0 aromatic carbocycles. The van der Waals surface area contributed by atoms with Crippen LogP contribution in [0.1, 0.15) is 139 Å². The SMILES string of the molecule is C=C[C@@](C)(O)CC/C=C(\CO)C(=O)OC[C@H]1O[C@H](OC(=O)[C@]23CCC(C)(C)C[C@H]2C2=CC[C@@H]4[C@]5(C)CC[C@H](O[C@H]6O[C@@H](CO[C@@H]7OC[C@H](O)[C@H](O)[C@H]7O[C@@H]7OC[C@@H](O)[C@H](O)[C@H]7O)[C@@H](O)[C@H](O)[C@H]6O)C(C)(C)[C@H]5CC[C@]4(C)[C@@]2(C)CC3)[C@@H](O[C@H]2O[C@@H](C)[C@H](O[C@H]3OC[C@H](O)[C@@H](O[C@@H]4OC[C@H](O)[C@@H](O)[C@@H]4O)[C@@H]3O)[C@@H](O)[C@H]2O)[C@@H](O)[C@@H]1O. The van der Waals surface area contributed by atoms with E-state index < -0.39 is 283 Å². The fourth-order valence-electron chi connectivity index (χ4n) is 20.8. The second-order valence-corrected chi connectivity index (χ2v) is 36.3. The van der Waals surface area contributed by atoms with E-state index in [2.05, 4.69) is 61.1 Å². The monoisotopic (exact) mass is 1640 g/mol. The molecule has 0 amide bonds. The van der Waals surface area contributed by atoms with Crippen molar-refractivity contribution in [3.05, 3.63) is 36.0 Å². The first-order valence-corrected chi connectivity index (χ1v) is 40.1. The van der Waals surface area contributed by atoms with E-state index in [4.69, 9.17) is 71.1 Å². The Morgan fingerprint density at radius 1 is 0.535 bits per heavy atom. The minimum absolute atomic E-state index is 0.0255. The van der Waals surface area contributed by atoms with Gasteiger partial charge in [0.05, 0.1) is 68.4 Å².